The zero-order valence-electron chi connectivity index (χ0n) is 13.2. The molecule has 3 heterocycles. The van der Waals surface area contributed by atoms with Crippen molar-refractivity contribution in [2.45, 2.75) is 70.7 Å². The van der Waals surface area contributed by atoms with Gasteiger partial charge in [0, 0.05) is 13.2 Å². The largest absolute Gasteiger partial charge is 0.376 e. The lowest BCUT2D eigenvalue weighted by Crippen LogP contribution is -2.69. The van der Waals surface area contributed by atoms with Crippen molar-refractivity contribution in [2.24, 2.45) is 5.92 Å². The standard InChI is InChI=1S/C16H26N2O3/c1-10(2)14-16(20)17-8-5-4-6-13(17)15(19)18(14)12-7-9-21-11(12)3/h10-14H,4-9H2,1-3H3. The molecule has 3 fully saturated rings. The normalized spacial score (nSPS) is 37.3. The second kappa shape index (κ2) is 5.59. The van der Waals surface area contributed by atoms with Crippen LogP contribution < -0.4 is 0 Å². The monoisotopic (exact) mass is 294 g/mol. The quantitative estimate of drug-likeness (QED) is 0.774. The smallest absolute Gasteiger partial charge is 0.246 e. The maximum Gasteiger partial charge on any atom is 0.246 e. The molecule has 5 nitrogen and oxygen atoms in total. The Kier molecular flexibility index (Phi) is 3.95. The molecule has 118 valence electrons. The molecule has 0 bridgehead atoms. The second-order valence-corrected chi connectivity index (χ2v) is 6.91. The summed E-state index contributed by atoms with van der Waals surface area (Å²) in [5.74, 6) is 0.431. The summed E-state index contributed by atoms with van der Waals surface area (Å²) in [6, 6.07) is -0.493. The summed E-state index contributed by atoms with van der Waals surface area (Å²) in [7, 11) is 0. The molecule has 21 heavy (non-hydrogen) atoms. The molecule has 3 aliphatic rings. The average Bonchev–Trinajstić information content (AvgIpc) is 2.88. The Hall–Kier alpha value is -1.10. The number of rotatable bonds is 2. The van der Waals surface area contributed by atoms with Crippen LogP contribution >= 0.6 is 0 Å². The molecule has 4 atom stereocenters. The van der Waals surface area contributed by atoms with Crippen LogP contribution in [0.1, 0.15) is 46.5 Å². The van der Waals surface area contributed by atoms with Crippen LogP contribution in [0.2, 0.25) is 0 Å². The predicted octanol–water partition coefficient (Wildman–Crippen LogP) is 1.41. The van der Waals surface area contributed by atoms with E-state index in [1.807, 2.05) is 30.6 Å². The fourth-order valence-corrected chi connectivity index (χ4v) is 4.11. The van der Waals surface area contributed by atoms with Crippen molar-refractivity contribution in [1.82, 2.24) is 9.80 Å². The van der Waals surface area contributed by atoms with Crippen LogP contribution in [0.4, 0.5) is 0 Å². The molecule has 0 aromatic heterocycles. The minimum absolute atomic E-state index is 0.0261. The Morgan fingerprint density at radius 2 is 1.90 bits per heavy atom. The number of carbonyl (C=O) groups excluding carboxylic acids is 2. The molecule has 0 radical (unpaired) electrons. The van der Waals surface area contributed by atoms with Crippen LogP contribution in [0.15, 0.2) is 0 Å². The third-order valence-corrected chi connectivity index (χ3v) is 5.20. The zero-order chi connectivity index (χ0) is 15.1. The highest BCUT2D eigenvalue weighted by atomic mass is 16.5. The summed E-state index contributed by atoms with van der Waals surface area (Å²) in [4.78, 5) is 29.7. The van der Waals surface area contributed by atoms with E-state index in [4.69, 9.17) is 4.74 Å². The molecule has 3 saturated heterocycles. The lowest BCUT2D eigenvalue weighted by Gasteiger charge is -2.50. The Labute approximate surface area is 126 Å². The van der Waals surface area contributed by atoms with Crippen LogP contribution in [-0.4, -0.2) is 59.0 Å². The van der Waals surface area contributed by atoms with E-state index in [0.717, 1.165) is 32.2 Å². The Morgan fingerprint density at radius 1 is 1.14 bits per heavy atom. The highest BCUT2D eigenvalue weighted by Crippen LogP contribution is 2.33. The third kappa shape index (κ3) is 2.35. The maximum atomic E-state index is 13.0. The molecule has 4 unspecified atom stereocenters. The molecule has 0 N–H and O–H groups in total. The van der Waals surface area contributed by atoms with E-state index >= 15 is 0 Å². The number of amides is 2. The van der Waals surface area contributed by atoms with Gasteiger partial charge in [0.1, 0.15) is 12.1 Å². The molecule has 3 rings (SSSR count). The van der Waals surface area contributed by atoms with Gasteiger partial charge in [0.05, 0.1) is 12.1 Å². The van der Waals surface area contributed by atoms with Crippen molar-refractivity contribution in [3.05, 3.63) is 0 Å². The number of hydrogen-bond donors (Lipinski definition) is 0. The average molecular weight is 294 g/mol. The Morgan fingerprint density at radius 3 is 2.52 bits per heavy atom. The molecular weight excluding hydrogens is 268 g/mol. The molecule has 0 aromatic rings. The summed E-state index contributed by atoms with van der Waals surface area (Å²) in [6.07, 6.45) is 3.74. The van der Waals surface area contributed by atoms with E-state index in [1.165, 1.54) is 0 Å². The lowest BCUT2D eigenvalue weighted by atomic mass is 9.88. The zero-order valence-corrected chi connectivity index (χ0v) is 13.2. The van der Waals surface area contributed by atoms with E-state index in [0.29, 0.717) is 6.61 Å². The van der Waals surface area contributed by atoms with Gasteiger partial charge in [0.25, 0.3) is 0 Å². The van der Waals surface area contributed by atoms with Crippen molar-refractivity contribution >= 4 is 11.8 Å². The van der Waals surface area contributed by atoms with E-state index in [9.17, 15) is 9.59 Å². The fraction of sp³-hybridized carbons (Fsp3) is 0.875. The summed E-state index contributed by atoms with van der Waals surface area (Å²) in [5.41, 5.74) is 0. The SMILES string of the molecule is CC(C)C1C(=O)N2CCCCC2C(=O)N1C1CCOC1C. The van der Waals surface area contributed by atoms with Crippen LogP contribution in [0, 0.1) is 5.92 Å². The van der Waals surface area contributed by atoms with Gasteiger partial charge in [-0.05, 0) is 38.5 Å². The second-order valence-electron chi connectivity index (χ2n) is 6.91. The van der Waals surface area contributed by atoms with Gasteiger partial charge in [-0.2, -0.15) is 0 Å². The van der Waals surface area contributed by atoms with Crippen LogP contribution in [0.5, 0.6) is 0 Å². The molecule has 0 aromatic carbocycles. The third-order valence-electron chi connectivity index (χ3n) is 5.20. The van der Waals surface area contributed by atoms with E-state index < -0.39 is 0 Å². The van der Waals surface area contributed by atoms with Crippen molar-refractivity contribution < 1.29 is 14.3 Å². The van der Waals surface area contributed by atoms with E-state index in [2.05, 4.69) is 0 Å². The summed E-state index contributed by atoms with van der Waals surface area (Å²) < 4.78 is 5.65. The first-order chi connectivity index (χ1) is 10.0. The van der Waals surface area contributed by atoms with E-state index in [1.54, 1.807) is 0 Å². The van der Waals surface area contributed by atoms with Gasteiger partial charge >= 0.3 is 0 Å². The van der Waals surface area contributed by atoms with Crippen molar-refractivity contribution in [2.75, 3.05) is 13.2 Å². The molecule has 3 aliphatic heterocycles. The summed E-state index contributed by atoms with van der Waals surface area (Å²) in [6.45, 7) is 7.51. The van der Waals surface area contributed by atoms with Crippen LogP contribution in [-0.2, 0) is 14.3 Å². The highest BCUT2D eigenvalue weighted by Gasteiger charge is 2.51. The first-order valence-corrected chi connectivity index (χ1v) is 8.26. The predicted molar refractivity (Wildman–Crippen MR) is 78.6 cm³/mol. The fourth-order valence-electron chi connectivity index (χ4n) is 4.11. The van der Waals surface area contributed by atoms with Gasteiger partial charge in [-0.3, -0.25) is 9.59 Å². The number of fused-ring (bicyclic) bond motifs is 1. The number of piperazine rings is 1. The summed E-state index contributed by atoms with van der Waals surface area (Å²) >= 11 is 0. The minimum atomic E-state index is -0.319. The van der Waals surface area contributed by atoms with Crippen LogP contribution in [0.25, 0.3) is 0 Å². The molecular formula is C16H26N2O3. The van der Waals surface area contributed by atoms with Crippen molar-refractivity contribution in [3.63, 3.8) is 0 Å². The lowest BCUT2D eigenvalue weighted by molar-refractivity contribution is -0.169. The minimum Gasteiger partial charge on any atom is -0.376 e. The molecule has 2 amide bonds. The molecule has 0 spiro atoms. The first kappa shape index (κ1) is 14.8. The van der Waals surface area contributed by atoms with Crippen molar-refractivity contribution in [3.8, 4) is 0 Å². The number of carbonyl (C=O) groups is 2. The highest BCUT2D eigenvalue weighted by molar-refractivity contribution is 5.97. The molecule has 0 aliphatic carbocycles. The van der Waals surface area contributed by atoms with Crippen LogP contribution in [0.3, 0.4) is 0 Å². The van der Waals surface area contributed by atoms with Crippen molar-refractivity contribution in [1.29, 1.82) is 0 Å². The first-order valence-electron chi connectivity index (χ1n) is 8.26. The maximum absolute atomic E-state index is 13.0. The number of hydrogen-bond acceptors (Lipinski definition) is 3. The van der Waals surface area contributed by atoms with Gasteiger partial charge < -0.3 is 14.5 Å². The number of ether oxygens (including phenoxy) is 1. The number of nitrogens with zero attached hydrogens (tertiary/aromatic N) is 2. The molecule has 0 saturated carbocycles. The Balaban J connectivity index is 1.94. The molecule has 5 heteroatoms. The van der Waals surface area contributed by atoms with E-state index in [-0.39, 0.29) is 42.0 Å². The Bertz CT molecular complexity index is 437. The van der Waals surface area contributed by atoms with Gasteiger partial charge in [0.2, 0.25) is 11.8 Å². The number of piperidine rings is 1. The van der Waals surface area contributed by atoms with Gasteiger partial charge in [-0.15, -0.1) is 0 Å². The summed E-state index contributed by atoms with van der Waals surface area (Å²) in [5, 5.41) is 0. The topological polar surface area (TPSA) is 49.9 Å². The van der Waals surface area contributed by atoms with Gasteiger partial charge in [-0.1, -0.05) is 13.8 Å². The van der Waals surface area contributed by atoms with Gasteiger partial charge in [0.15, 0.2) is 0 Å². The van der Waals surface area contributed by atoms with Gasteiger partial charge in [-0.25, -0.2) is 0 Å².